The zero-order valence-electron chi connectivity index (χ0n) is 9.14. The van der Waals surface area contributed by atoms with E-state index in [2.05, 4.69) is 14.9 Å². The second kappa shape index (κ2) is 5.21. The van der Waals surface area contributed by atoms with Gasteiger partial charge in [0.2, 0.25) is 5.13 Å². The minimum atomic E-state index is -3.84. The number of benzene rings is 1. The predicted octanol–water partition coefficient (Wildman–Crippen LogP) is 0.159. The van der Waals surface area contributed by atoms with Crippen molar-refractivity contribution in [1.29, 1.82) is 0 Å². The zero-order chi connectivity index (χ0) is 14.0. The summed E-state index contributed by atoms with van der Waals surface area (Å²) in [6.45, 7) is 0. The Morgan fingerprint density at radius 3 is 2.42 bits per heavy atom. The fourth-order valence-corrected chi connectivity index (χ4v) is 3.46. The van der Waals surface area contributed by atoms with E-state index < -0.39 is 21.1 Å². The summed E-state index contributed by atoms with van der Waals surface area (Å²) in [5.41, 5.74) is 5.88. The topological polar surface area (TPSA) is 138 Å². The lowest BCUT2D eigenvalue weighted by Crippen LogP contribution is -2.12. The number of hydrogen-bond acceptors (Lipinski definition) is 8. The number of sulfonamides is 1. The Kier molecular flexibility index (Phi) is 3.80. The number of nitrogens with two attached hydrogens (primary N) is 1. The molecule has 1 unspecified atom stereocenters. The van der Waals surface area contributed by atoms with Gasteiger partial charge in [-0.2, -0.15) is 0 Å². The molecule has 1 heterocycles. The van der Waals surface area contributed by atoms with Crippen molar-refractivity contribution < 1.29 is 17.2 Å². The standard InChI is InChI=1S/C8H8N4O4S3/c9-5-1-3-6(4-2-5)19(15,16)12-7-10-11-8(17-7)18(13)14/h1-4H,9H2,(H,10,12)(H,13,14)/p-1. The maximum Gasteiger partial charge on any atom is 0.263 e. The van der Waals surface area contributed by atoms with Crippen molar-refractivity contribution >= 4 is 43.3 Å². The molecule has 0 aliphatic rings. The smallest absolute Gasteiger partial charge is 0.263 e. The molecule has 0 fully saturated rings. The number of nitrogen functional groups attached to an aromatic ring is 1. The Morgan fingerprint density at radius 1 is 1.26 bits per heavy atom. The molecule has 102 valence electrons. The van der Waals surface area contributed by atoms with Gasteiger partial charge in [-0.3, -0.25) is 8.93 Å². The van der Waals surface area contributed by atoms with E-state index in [-0.39, 0.29) is 14.4 Å². The summed E-state index contributed by atoms with van der Waals surface area (Å²) in [5.74, 6) is 0. The molecule has 0 bridgehead atoms. The van der Waals surface area contributed by atoms with Crippen molar-refractivity contribution in [2.45, 2.75) is 9.24 Å². The number of aromatic nitrogens is 2. The quantitative estimate of drug-likeness (QED) is 0.604. The van der Waals surface area contributed by atoms with Gasteiger partial charge in [0.1, 0.15) is 0 Å². The summed E-state index contributed by atoms with van der Waals surface area (Å²) in [4.78, 5) is -0.0123. The third-order valence-corrected chi connectivity index (χ3v) is 5.10. The van der Waals surface area contributed by atoms with E-state index >= 15 is 0 Å². The molecule has 0 radical (unpaired) electrons. The monoisotopic (exact) mass is 319 g/mol. The van der Waals surface area contributed by atoms with Crippen LogP contribution in [0.1, 0.15) is 0 Å². The highest BCUT2D eigenvalue weighted by Gasteiger charge is 2.16. The summed E-state index contributed by atoms with van der Waals surface area (Å²) < 4.78 is 46.9. The third-order valence-electron chi connectivity index (χ3n) is 1.96. The average molecular weight is 319 g/mol. The first-order chi connectivity index (χ1) is 8.88. The minimum Gasteiger partial charge on any atom is -0.767 e. The largest absolute Gasteiger partial charge is 0.767 e. The van der Waals surface area contributed by atoms with Gasteiger partial charge in [0.05, 0.1) is 4.90 Å². The molecule has 0 saturated heterocycles. The number of anilines is 2. The van der Waals surface area contributed by atoms with Crippen LogP contribution < -0.4 is 10.5 Å². The van der Waals surface area contributed by atoms with Gasteiger partial charge in [0.25, 0.3) is 10.0 Å². The van der Waals surface area contributed by atoms with Gasteiger partial charge in [-0.25, -0.2) is 8.42 Å². The van der Waals surface area contributed by atoms with Crippen LogP contribution in [0.15, 0.2) is 33.5 Å². The number of hydrogen-bond donors (Lipinski definition) is 2. The second-order valence-corrected chi connectivity index (χ2v) is 7.06. The molecular formula is C8H7N4O4S3-. The van der Waals surface area contributed by atoms with Crippen molar-refractivity contribution in [1.82, 2.24) is 10.2 Å². The molecule has 2 rings (SSSR count). The van der Waals surface area contributed by atoms with E-state index in [9.17, 15) is 17.2 Å². The molecule has 1 atom stereocenters. The van der Waals surface area contributed by atoms with Gasteiger partial charge >= 0.3 is 0 Å². The minimum absolute atomic E-state index is 0.0123. The molecule has 0 aliphatic heterocycles. The van der Waals surface area contributed by atoms with Gasteiger partial charge in [0, 0.05) is 16.8 Å². The van der Waals surface area contributed by atoms with Crippen molar-refractivity contribution in [3.05, 3.63) is 24.3 Å². The van der Waals surface area contributed by atoms with Crippen LogP contribution in [0.3, 0.4) is 0 Å². The molecule has 0 spiro atoms. The normalized spacial score (nSPS) is 13.1. The van der Waals surface area contributed by atoms with Crippen molar-refractivity contribution in [3.63, 3.8) is 0 Å². The van der Waals surface area contributed by atoms with Crippen LogP contribution in [0.2, 0.25) is 0 Å². The van der Waals surface area contributed by atoms with E-state index in [1.54, 1.807) is 0 Å². The van der Waals surface area contributed by atoms with E-state index in [4.69, 9.17) is 5.73 Å². The summed E-state index contributed by atoms with van der Waals surface area (Å²) in [5, 5.41) is 6.61. The summed E-state index contributed by atoms with van der Waals surface area (Å²) in [7, 11) is -3.84. The maximum atomic E-state index is 11.9. The highest BCUT2D eigenvalue weighted by atomic mass is 32.2. The highest BCUT2D eigenvalue weighted by molar-refractivity contribution is 7.93. The molecule has 0 amide bonds. The molecule has 0 aliphatic carbocycles. The lowest BCUT2D eigenvalue weighted by Gasteiger charge is -2.04. The van der Waals surface area contributed by atoms with Gasteiger partial charge in [0.15, 0.2) is 4.34 Å². The Bertz CT molecular complexity index is 710. The molecule has 11 heteroatoms. The van der Waals surface area contributed by atoms with Crippen LogP contribution in [-0.2, 0) is 21.1 Å². The van der Waals surface area contributed by atoms with Crippen LogP contribution in [0, 0.1) is 0 Å². The molecular weight excluding hydrogens is 312 g/mol. The van der Waals surface area contributed by atoms with Gasteiger partial charge in [-0.15, -0.1) is 10.2 Å². The molecule has 0 saturated carbocycles. The fraction of sp³-hybridized carbons (Fsp3) is 0. The Morgan fingerprint density at radius 2 is 1.89 bits per heavy atom. The van der Waals surface area contributed by atoms with Crippen LogP contribution in [0.25, 0.3) is 0 Å². The molecule has 8 nitrogen and oxygen atoms in total. The average Bonchev–Trinajstić information content (AvgIpc) is 2.77. The Balaban J connectivity index is 2.25. The molecule has 3 N–H and O–H groups in total. The van der Waals surface area contributed by atoms with Crippen LogP contribution in [0.4, 0.5) is 10.8 Å². The van der Waals surface area contributed by atoms with Crippen molar-refractivity contribution in [3.8, 4) is 0 Å². The first-order valence-electron chi connectivity index (χ1n) is 4.69. The number of nitrogens with zero attached hydrogens (tertiary/aromatic N) is 2. The van der Waals surface area contributed by atoms with E-state index in [0.29, 0.717) is 17.0 Å². The number of nitrogens with one attached hydrogen (secondary N) is 1. The van der Waals surface area contributed by atoms with Crippen LogP contribution in [-0.4, -0.2) is 27.4 Å². The first kappa shape index (κ1) is 13.9. The lowest BCUT2D eigenvalue weighted by molar-refractivity contribution is 0.535. The third kappa shape index (κ3) is 3.26. The molecule has 1 aromatic heterocycles. The molecule has 19 heavy (non-hydrogen) atoms. The van der Waals surface area contributed by atoms with Gasteiger partial charge in [-0.1, -0.05) is 11.3 Å². The van der Waals surface area contributed by atoms with Crippen LogP contribution in [0.5, 0.6) is 0 Å². The summed E-state index contributed by atoms with van der Waals surface area (Å²) >= 11 is -1.92. The lowest BCUT2D eigenvalue weighted by atomic mass is 10.3. The number of rotatable bonds is 4. The van der Waals surface area contributed by atoms with E-state index in [0.717, 1.165) is 0 Å². The maximum absolute atomic E-state index is 11.9. The van der Waals surface area contributed by atoms with Gasteiger partial charge < -0.3 is 10.3 Å². The van der Waals surface area contributed by atoms with Crippen LogP contribution >= 0.6 is 11.3 Å². The Hall–Kier alpha value is -1.56. The molecule has 2 aromatic rings. The predicted molar refractivity (Wildman–Crippen MR) is 68.8 cm³/mol. The van der Waals surface area contributed by atoms with Crippen molar-refractivity contribution in [2.75, 3.05) is 10.5 Å². The first-order valence-corrected chi connectivity index (χ1v) is 8.07. The molecule has 1 aromatic carbocycles. The summed E-state index contributed by atoms with van der Waals surface area (Å²) in [6.07, 6.45) is 0. The highest BCUT2D eigenvalue weighted by Crippen LogP contribution is 2.21. The van der Waals surface area contributed by atoms with Gasteiger partial charge in [-0.05, 0) is 24.3 Å². The second-order valence-electron chi connectivity index (χ2n) is 3.28. The zero-order valence-corrected chi connectivity index (χ0v) is 11.6. The van der Waals surface area contributed by atoms with E-state index in [1.807, 2.05) is 0 Å². The van der Waals surface area contributed by atoms with E-state index in [1.165, 1.54) is 24.3 Å². The SMILES string of the molecule is Nc1ccc(S(=O)(=O)Nc2nnc(S(=O)[O-])s2)cc1. The Labute approximate surface area is 115 Å². The summed E-state index contributed by atoms with van der Waals surface area (Å²) in [6, 6.07) is 5.52. The fourth-order valence-electron chi connectivity index (χ4n) is 1.14. The van der Waals surface area contributed by atoms with Crippen molar-refractivity contribution in [2.24, 2.45) is 0 Å².